The second-order valence-electron chi connectivity index (χ2n) is 7.23. The van der Waals surface area contributed by atoms with Crippen LogP contribution in [0.15, 0.2) is 0 Å². The minimum absolute atomic E-state index is 0.419. The highest BCUT2D eigenvalue weighted by Crippen LogP contribution is 2.27. The fourth-order valence-electron chi connectivity index (χ4n) is 3.95. The maximum atomic E-state index is 12.6. The van der Waals surface area contributed by atoms with Gasteiger partial charge in [-0.3, -0.25) is 4.79 Å². The average molecular weight is 294 g/mol. The highest BCUT2D eigenvalue weighted by molar-refractivity contribution is 5.76. The van der Waals surface area contributed by atoms with E-state index in [1.54, 1.807) is 0 Å². The maximum absolute atomic E-state index is 12.6. The molecule has 0 aromatic rings. The fraction of sp³-hybridized carbons (Fsp3) is 0.944. The Bertz CT molecular complexity index is 310. The van der Waals surface area contributed by atoms with Gasteiger partial charge in [-0.15, -0.1) is 0 Å². The molecule has 21 heavy (non-hydrogen) atoms. The van der Waals surface area contributed by atoms with Gasteiger partial charge in [-0.2, -0.15) is 0 Å². The van der Waals surface area contributed by atoms with E-state index in [-0.39, 0.29) is 0 Å². The van der Waals surface area contributed by atoms with Crippen LogP contribution in [0.2, 0.25) is 0 Å². The smallest absolute Gasteiger partial charge is 0.222 e. The molecular formula is C18H34N2O. The predicted octanol–water partition coefficient (Wildman–Crippen LogP) is 3.58. The van der Waals surface area contributed by atoms with Gasteiger partial charge in [0.1, 0.15) is 0 Å². The first kappa shape index (κ1) is 16.8. The van der Waals surface area contributed by atoms with Crippen LogP contribution in [-0.2, 0) is 4.79 Å². The Hall–Kier alpha value is -0.570. The van der Waals surface area contributed by atoms with Crippen molar-refractivity contribution < 1.29 is 4.79 Å². The van der Waals surface area contributed by atoms with Gasteiger partial charge >= 0.3 is 0 Å². The van der Waals surface area contributed by atoms with Gasteiger partial charge in [-0.1, -0.05) is 39.5 Å². The van der Waals surface area contributed by atoms with Crippen LogP contribution in [0.25, 0.3) is 0 Å². The first-order chi connectivity index (χ1) is 10.2. The van der Waals surface area contributed by atoms with E-state index in [0.717, 1.165) is 32.5 Å². The van der Waals surface area contributed by atoms with Crippen molar-refractivity contribution in [1.82, 2.24) is 10.2 Å². The van der Waals surface area contributed by atoms with Crippen LogP contribution in [0.3, 0.4) is 0 Å². The molecule has 1 saturated heterocycles. The molecule has 3 nitrogen and oxygen atoms in total. The lowest BCUT2D eigenvalue weighted by Crippen LogP contribution is -2.50. The van der Waals surface area contributed by atoms with E-state index in [9.17, 15) is 4.79 Å². The largest absolute Gasteiger partial charge is 0.342 e. The lowest BCUT2D eigenvalue weighted by atomic mass is 9.91. The Labute approximate surface area is 130 Å². The lowest BCUT2D eigenvalue weighted by molar-refractivity contribution is -0.134. The minimum atomic E-state index is 0.419. The highest BCUT2D eigenvalue weighted by atomic mass is 16.2. The van der Waals surface area contributed by atoms with Gasteiger partial charge in [0.2, 0.25) is 5.91 Å². The van der Waals surface area contributed by atoms with Crippen molar-refractivity contribution >= 4 is 5.91 Å². The minimum Gasteiger partial charge on any atom is -0.342 e. The van der Waals surface area contributed by atoms with Crippen molar-refractivity contribution in [2.45, 2.75) is 77.7 Å². The summed E-state index contributed by atoms with van der Waals surface area (Å²) in [6, 6.07) is 0.604. The molecule has 1 heterocycles. The number of hydrogen-bond acceptors (Lipinski definition) is 2. The molecular weight excluding hydrogens is 260 g/mol. The number of carbonyl (C=O) groups excluding carboxylic acids is 1. The molecule has 122 valence electrons. The summed E-state index contributed by atoms with van der Waals surface area (Å²) in [4.78, 5) is 14.7. The molecule has 0 aromatic carbocycles. The summed E-state index contributed by atoms with van der Waals surface area (Å²) in [6.07, 6.45) is 11.1. The molecule has 2 fully saturated rings. The summed E-state index contributed by atoms with van der Waals surface area (Å²) < 4.78 is 0. The van der Waals surface area contributed by atoms with Crippen LogP contribution in [0.1, 0.15) is 71.6 Å². The number of nitrogens with zero attached hydrogens (tertiary/aromatic N) is 1. The summed E-state index contributed by atoms with van der Waals surface area (Å²) in [5.74, 6) is 1.66. The Morgan fingerprint density at radius 2 is 1.86 bits per heavy atom. The molecule has 2 rings (SSSR count). The maximum Gasteiger partial charge on any atom is 0.222 e. The van der Waals surface area contributed by atoms with E-state index >= 15 is 0 Å². The molecule has 1 aliphatic heterocycles. The molecule has 0 aromatic heterocycles. The third-order valence-electron chi connectivity index (χ3n) is 5.35. The second-order valence-corrected chi connectivity index (χ2v) is 7.23. The predicted molar refractivity (Wildman–Crippen MR) is 88.3 cm³/mol. The van der Waals surface area contributed by atoms with Crippen molar-refractivity contribution in [3.63, 3.8) is 0 Å². The molecule has 0 bridgehead atoms. The zero-order valence-electron chi connectivity index (χ0n) is 14.1. The van der Waals surface area contributed by atoms with Crippen molar-refractivity contribution in [1.29, 1.82) is 0 Å². The number of likely N-dealkylation sites (tertiary alicyclic amines) is 1. The highest BCUT2D eigenvalue weighted by Gasteiger charge is 2.29. The van der Waals surface area contributed by atoms with Crippen molar-refractivity contribution in [2.75, 3.05) is 19.6 Å². The van der Waals surface area contributed by atoms with Gasteiger partial charge in [0, 0.05) is 25.6 Å². The van der Waals surface area contributed by atoms with Crippen LogP contribution in [0.5, 0.6) is 0 Å². The van der Waals surface area contributed by atoms with Gasteiger partial charge in [0.15, 0.2) is 0 Å². The van der Waals surface area contributed by atoms with E-state index in [0.29, 0.717) is 23.8 Å². The van der Waals surface area contributed by atoms with Gasteiger partial charge in [-0.25, -0.2) is 0 Å². The first-order valence-electron chi connectivity index (χ1n) is 9.22. The summed E-state index contributed by atoms with van der Waals surface area (Å²) in [7, 11) is 0. The van der Waals surface area contributed by atoms with Crippen LogP contribution in [-0.4, -0.2) is 36.5 Å². The van der Waals surface area contributed by atoms with E-state index in [4.69, 9.17) is 0 Å². The van der Waals surface area contributed by atoms with E-state index in [1.807, 2.05) is 0 Å². The fourth-order valence-corrected chi connectivity index (χ4v) is 3.95. The third kappa shape index (κ3) is 5.28. The number of rotatable bonds is 5. The molecule has 2 atom stereocenters. The third-order valence-corrected chi connectivity index (χ3v) is 5.35. The van der Waals surface area contributed by atoms with E-state index in [1.165, 1.54) is 44.9 Å². The molecule has 1 amide bonds. The quantitative estimate of drug-likeness (QED) is 0.786. The normalized spacial score (nSPS) is 28.4. The molecule has 0 radical (unpaired) electrons. The molecule has 1 N–H and O–H groups in total. The van der Waals surface area contributed by atoms with Crippen LogP contribution in [0.4, 0.5) is 0 Å². The Morgan fingerprint density at radius 1 is 1.14 bits per heavy atom. The Balaban J connectivity index is 1.75. The topological polar surface area (TPSA) is 32.3 Å². The molecule has 0 spiro atoms. The molecule has 3 heteroatoms. The van der Waals surface area contributed by atoms with E-state index < -0.39 is 0 Å². The average Bonchev–Trinajstić information content (AvgIpc) is 2.74. The molecule has 2 aliphatic rings. The van der Waals surface area contributed by atoms with Gasteiger partial charge < -0.3 is 10.2 Å². The van der Waals surface area contributed by atoms with Crippen LogP contribution in [0, 0.1) is 11.8 Å². The zero-order chi connectivity index (χ0) is 15.1. The SMILES string of the molecule is CCCNC1CCN(C(=O)CC2CCCCCC2)CC1C. The summed E-state index contributed by atoms with van der Waals surface area (Å²) in [5.41, 5.74) is 0. The van der Waals surface area contributed by atoms with Crippen molar-refractivity contribution in [2.24, 2.45) is 11.8 Å². The number of nitrogens with one attached hydrogen (secondary N) is 1. The lowest BCUT2D eigenvalue weighted by Gasteiger charge is -2.38. The Kier molecular flexibility index (Phi) is 7.01. The Morgan fingerprint density at radius 3 is 2.48 bits per heavy atom. The standard InChI is InChI=1S/C18H34N2O/c1-3-11-19-17-10-12-20(14-15(17)2)18(21)13-16-8-6-4-5-7-9-16/h15-17,19H,3-14H2,1-2H3. The van der Waals surface area contributed by atoms with Gasteiger partial charge in [0.25, 0.3) is 0 Å². The van der Waals surface area contributed by atoms with Crippen molar-refractivity contribution in [3.8, 4) is 0 Å². The second kappa shape index (κ2) is 8.77. The molecule has 2 unspecified atom stereocenters. The van der Waals surface area contributed by atoms with Gasteiger partial charge in [-0.05, 0) is 44.1 Å². The molecule has 1 aliphatic carbocycles. The summed E-state index contributed by atoms with van der Waals surface area (Å²) in [6.45, 7) is 7.51. The summed E-state index contributed by atoms with van der Waals surface area (Å²) in [5, 5.41) is 3.63. The summed E-state index contributed by atoms with van der Waals surface area (Å²) >= 11 is 0. The van der Waals surface area contributed by atoms with Crippen LogP contribution < -0.4 is 5.32 Å². The molecule has 1 saturated carbocycles. The van der Waals surface area contributed by atoms with Gasteiger partial charge in [0.05, 0.1) is 0 Å². The number of carbonyl (C=O) groups is 1. The number of hydrogen-bond donors (Lipinski definition) is 1. The van der Waals surface area contributed by atoms with Crippen LogP contribution >= 0.6 is 0 Å². The number of amides is 1. The first-order valence-corrected chi connectivity index (χ1v) is 9.22. The number of piperidine rings is 1. The zero-order valence-corrected chi connectivity index (χ0v) is 14.1. The van der Waals surface area contributed by atoms with E-state index in [2.05, 4.69) is 24.1 Å². The monoisotopic (exact) mass is 294 g/mol. The van der Waals surface area contributed by atoms with Crippen molar-refractivity contribution in [3.05, 3.63) is 0 Å².